The first kappa shape index (κ1) is 23.2. The van der Waals surface area contributed by atoms with Crippen molar-refractivity contribution in [2.45, 2.75) is 69.1 Å². The van der Waals surface area contributed by atoms with Crippen molar-refractivity contribution in [3.8, 4) is 0 Å². The van der Waals surface area contributed by atoms with E-state index in [9.17, 15) is 0 Å². The molecule has 0 unspecified atom stereocenters. The predicted molar refractivity (Wildman–Crippen MR) is 119 cm³/mol. The summed E-state index contributed by atoms with van der Waals surface area (Å²) in [4.78, 5) is 0. The Kier molecular flexibility index (Phi) is 10.2. The molecule has 0 aliphatic heterocycles. The van der Waals surface area contributed by atoms with Gasteiger partial charge < -0.3 is 0 Å². The van der Waals surface area contributed by atoms with Gasteiger partial charge in [0.1, 0.15) is 0 Å². The van der Waals surface area contributed by atoms with Crippen LogP contribution in [0.2, 0.25) is 6.82 Å². The third-order valence-electron chi connectivity index (χ3n) is 4.34. The van der Waals surface area contributed by atoms with Gasteiger partial charge in [0.25, 0.3) is 0 Å². The Morgan fingerprint density at radius 2 is 0.880 bits per heavy atom. The van der Waals surface area contributed by atoms with Gasteiger partial charge in [0.2, 0.25) is 6.71 Å². The van der Waals surface area contributed by atoms with E-state index >= 15 is 0 Å². The highest BCUT2D eigenvalue weighted by Gasteiger charge is 2.21. The highest BCUT2D eigenvalue weighted by atomic mass is 14.1. The first-order valence-corrected chi connectivity index (χ1v) is 9.45. The second-order valence-corrected chi connectivity index (χ2v) is 6.75. The summed E-state index contributed by atoms with van der Waals surface area (Å²) in [6.45, 7) is 25.4. The molecular formula is C24H37B. The molecule has 0 amide bonds. The molecule has 0 spiro atoms. The zero-order chi connectivity index (χ0) is 19.7. The van der Waals surface area contributed by atoms with Crippen LogP contribution in [0.5, 0.6) is 0 Å². The molecule has 0 N–H and O–H groups in total. The Hall–Kier alpha value is -1.76. The molecule has 2 rings (SSSR count). The maximum atomic E-state index is 3.36. The lowest BCUT2D eigenvalue weighted by Gasteiger charge is -2.21. The summed E-state index contributed by atoms with van der Waals surface area (Å²) in [5.41, 5.74) is 11.3. The fourth-order valence-electron chi connectivity index (χ4n) is 3.89. The number of allylic oxidation sites excluding steroid dienone is 1. The summed E-state index contributed by atoms with van der Waals surface area (Å²) < 4.78 is 0. The first-order valence-electron chi connectivity index (χ1n) is 9.45. The van der Waals surface area contributed by atoms with Crippen LogP contribution >= 0.6 is 0 Å². The second kappa shape index (κ2) is 11.0. The minimum absolute atomic E-state index is 0.455. The second-order valence-electron chi connectivity index (χ2n) is 6.75. The molecule has 0 nitrogen and oxygen atoms in total. The molecule has 0 atom stereocenters. The van der Waals surface area contributed by atoms with Crippen molar-refractivity contribution >= 4 is 17.6 Å². The molecule has 136 valence electrons. The average molecular weight is 336 g/mol. The fourth-order valence-corrected chi connectivity index (χ4v) is 3.89. The lowest BCUT2D eigenvalue weighted by molar-refractivity contribution is 1.33. The van der Waals surface area contributed by atoms with Crippen molar-refractivity contribution in [2.75, 3.05) is 0 Å². The monoisotopic (exact) mass is 336 g/mol. The van der Waals surface area contributed by atoms with Gasteiger partial charge in [-0.3, -0.25) is 0 Å². The van der Waals surface area contributed by atoms with Crippen LogP contribution in [0.25, 0.3) is 0 Å². The van der Waals surface area contributed by atoms with Crippen LogP contribution in [0.15, 0.2) is 36.9 Å². The van der Waals surface area contributed by atoms with Crippen LogP contribution in [0.1, 0.15) is 54.2 Å². The number of benzene rings is 2. The van der Waals surface area contributed by atoms with Crippen molar-refractivity contribution in [3.63, 3.8) is 0 Å². The van der Waals surface area contributed by atoms with Crippen molar-refractivity contribution in [1.82, 2.24) is 0 Å². The van der Waals surface area contributed by atoms with Gasteiger partial charge in [-0.15, -0.1) is 6.58 Å². The zero-order valence-electron chi connectivity index (χ0n) is 18.2. The summed E-state index contributed by atoms with van der Waals surface area (Å²) >= 11 is 0. The quantitative estimate of drug-likeness (QED) is 0.466. The van der Waals surface area contributed by atoms with Gasteiger partial charge in [0.15, 0.2) is 0 Å². The van der Waals surface area contributed by atoms with Crippen LogP contribution < -0.4 is 10.9 Å². The SMILES string of the molecule is C=CC.CB(c1c(C)cc(C)cc1C)c1c(C)cc(C)cc1C.CC. The van der Waals surface area contributed by atoms with Crippen LogP contribution in [-0.2, 0) is 0 Å². The van der Waals surface area contributed by atoms with E-state index in [1.54, 1.807) is 6.08 Å². The molecule has 25 heavy (non-hydrogen) atoms. The summed E-state index contributed by atoms with van der Waals surface area (Å²) in [5, 5.41) is 0. The Balaban J connectivity index is 0.00000104. The molecule has 1 heteroatoms. The highest BCUT2D eigenvalue weighted by Crippen LogP contribution is 2.12. The predicted octanol–water partition coefficient (Wildman–Crippen LogP) is 5.99. The number of hydrogen-bond acceptors (Lipinski definition) is 0. The largest absolute Gasteiger partial charge is 0.207 e. The van der Waals surface area contributed by atoms with Crippen molar-refractivity contribution in [3.05, 3.63) is 70.3 Å². The van der Waals surface area contributed by atoms with Crippen LogP contribution in [0.4, 0.5) is 0 Å². The van der Waals surface area contributed by atoms with Gasteiger partial charge in [-0.1, -0.05) is 95.3 Å². The Morgan fingerprint density at radius 3 is 1.08 bits per heavy atom. The number of rotatable bonds is 2. The highest BCUT2D eigenvalue weighted by molar-refractivity contribution is 6.85. The van der Waals surface area contributed by atoms with E-state index in [2.05, 4.69) is 79.2 Å². The van der Waals surface area contributed by atoms with E-state index in [1.165, 1.54) is 44.3 Å². The van der Waals surface area contributed by atoms with Crippen LogP contribution in [0.3, 0.4) is 0 Å². The molecule has 0 aliphatic rings. The molecule has 0 fully saturated rings. The Morgan fingerprint density at radius 1 is 0.680 bits per heavy atom. The number of aryl methyl sites for hydroxylation is 6. The molecular weight excluding hydrogens is 299 g/mol. The lowest BCUT2D eigenvalue weighted by atomic mass is 9.39. The topological polar surface area (TPSA) is 0 Å². The van der Waals surface area contributed by atoms with E-state index in [-0.39, 0.29) is 0 Å². The standard InChI is InChI=1S/C19H25B.C3H6.C2H6/c1-12-8-14(3)18(15(4)9-12)20(7)19-16(5)10-13(2)11-17(19)6;1-3-2;1-2/h8-11H,1-7H3;3H,1H2,2H3;1-2H3. The van der Waals surface area contributed by atoms with E-state index in [0.29, 0.717) is 6.71 Å². The summed E-state index contributed by atoms with van der Waals surface area (Å²) in [6, 6.07) is 9.21. The van der Waals surface area contributed by atoms with Crippen molar-refractivity contribution in [2.24, 2.45) is 0 Å². The number of hydrogen-bond donors (Lipinski definition) is 0. The van der Waals surface area contributed by atoms with Gasteiger partial charge in [-0.2, -0.15) is 0 Å². The Labute approximate surface area is 157 Å². The van der Waals surface area contributed by atoms with Gasteiger partial charge >= 0.3 is 0 Å². The first-order chi connectivity index (χ1) is 11.7. The van der Waals surface area contributed by atoms with Gasteiger partial charge in [-0.25, -0.2) is 0 Å². The molecule has 0 saturated carbocycles. The molecule has 0 saturated heterocycles. The third kappa shape index (κ3) is 6.23. The van der Waals surface area contributed by atoms with Gasteiger partial charge in [0.05, 0.1) is 0 Å². The van der Waals surface area contributed by atoms with Crippen molar-refractivity contribution < 1.29 is 0 Å². The molecule has 2 aromatic rings. The van der Waals surface area contributed by atoms with Crippen molar-refractivity contribution in [1.29, 1.82) is 0 Å². The normalized spacial score (nSPS) is 9.36. The summed E-state index contributed by atoms with van der Waals surface area (Å²) in [6.07, 6.45) is 1.75. The van der Waals surface area contributed by atoms with Gasteiger partial charge in [0, 0.05) is 0 Å². The third-order valence-corrected chi connectivity index (χ3v) is 4.34. The van der Waals surface area contributed by atoms with Crippen LogP contribution in [-0.4, -0.2) is 6.71 Å². The molecule has 0 radical (unpaired) electrons. The van der Waals surface area contributed by atoms with E-state index in [1.807, 2.05) is 20.8 Å². The smallest absolute Gasteiger partial charge is 0.103 e. The van der Waals surface area contributed by atoms with Crippen LogP contribution in [0, 0.1) is 41.5 Å². The maximum absolute atomic E-state index is 3.36. The minimum atomic E-state index is 0.455. The molecule has 2 aromatic carbocycles. The molecule has 0 bridgehead atoms. The van der Waals surface area contributed by atoms with Gasteiger partial charge in [-0.05, 0) is 48.5 Å². The molecule has 0 heterocycles. The summed E-state index contributed by atoms with van der Waals surface area (Å²) in [5.74, 6) is 0. The molecule has 0 aliphatic carbocycles. The minimum Gasteiger partial charge on any atom is -0.103 e. The Bertz CT molecular complexity index is 592. The zero-order valence-corrected chi connectivity index (χ0v) is 18.2. The summed E-state index contributed by atoms with van der Waals surface area (Å²) in [7, 11) is 0. The molecule has 0 aromatic heterocycles. The average Bonchev–Trinajstić information content (AvgIpc) is 2.47. The lowest BCUT2D eigenvalue weighted by Crippen LogP contribution is -2.45. The maximum Gasteiger partial charge on any atom is 0.207 e. The van der Waals surface area contributed by atoms with E-state index in [0.717, 1.165) is 0 Å². The fraction of sp³-hybridized carbons (Fsp3) is 0.417. The van der Waals surface area contributed by atoms with E-state index < -0.39 is 0 Å². The van der Waals surface area contributed by atoms with E-state index in [4.69, 9.17) is 0 Å².